The van der Waals surface area contributed by atoms with Crippen LogP contribution in [0.5, 0.6) is 0 Å². The van der Waals surface area contributed by atoms with Crippen LogP contribution in [-0.2, 0) is 4.79 Å². The molecule has 0 aliphatic carbocycles. The van der Waals surface area contributed by atoms with Gasteiger partial charge in [0.25, 0.3) is 6.43 Å². The lowest BCUT2D eigenvalue weighted by atomic mass is 10.2. The highest BCUT2D eigenvalue weighted by Crippen LogP contribution is 2.19. The SMILES string of the molecule is O=CNc1ccc(C(F)F)cc1. The highest BCUT2D eigenvalue weighted by molar-refractivity contribution is 5.71. The summed E-state index contributed by atoms with van der Waals surface area (Å²) in [5.74, 6) is 0. The van der Waals surface area contributed by atoms with E-state index in [1.165, 1.54) is 24.3 Å². The quantitative estimate of drug-likeness (QED) is 0.694. The number of hydrogen-bond donors (Lipinski definition) is 1. The fraction of sp³-hybridized carbons (Fsp3) is 0.125. The van der Waals surface area contributed by atoms with E-state index in [-0.39, 0.29) is 5.56 Å². The molecule has 1 aromatic carbocycles. The molecule has 0 fully saturated rings. The van der Waals surface area contributed by atoms with Crippen molar-refractivity contribution in [2.75, 3.05) is 5.32 Å². The van der Waals surface area contributed by atoms with E-state index in [9.17, 15) is 13.6 Å². The van der Waals surface area contributed by atoms with Gasteiger partial charge in [0.05, 0.1) is 0 Å². The fourth-order valence-corrected chi connectivity index (χ4v) is 0.793. The van der Waals surface area contributed by atoms with Gasteiger partial charge in [0, 0.05) is 11.3 Å². The van der Waals surface area contributed by atoms with Crippen LogP contribution in [0.15, 0.2) is 24.3 Å². The molecule has 0 aliphatic heterocycles. The first-order valence-electron chi connectivity index (χ1n) is 3.32. The number of benzene rings is 1. The molecule has 0 aliphatic rings. The largest absolute Gasteiger partial charge is 0.329 e. The van der Waals surface area contributed by atoms with Crippen molar-refractivity contribution >= 4 is 12.1 Å². The lowest BCUT2D eigenvalue weighted by molar-refractivity contribution is -0.105. The monoisotopic (exact) mass is 171 g/mol. The van der Waals surface area contributed by atoms with Crippen LogP contribution in [0.25, 0.3) is 0 Å². The molecule has 0 radical (unpaired) electrons. The molecule has 1 rings (SSSR count). The molecule has 1 amide bonds. The second kappa shape index (κ2) is 3.80. The van der Waals surface area contributed by atoms with E-state index < -0.39 is 6.43 Å². The van der Waals surface area contributed by atoms with E-state index in [2.05, 4.69) is 5.32 Å². The average Bonchev–Trinajstić information content (AvgIpc) is 2.06. The summed E-state index contributed by atoms with van der Waals surface area (Å²) in [6.07, 6.45) is -1.97. The number of hydrogen-bond acceptors (Lipinski definition) is 1. The number of nitrogens with one attached hydrogen (secondary N) is 1. The molecular weight excluding hydrogens is 164 g/mol. The number of halogens is 2. The van der Waals surface area contributed by atoms with Gasteiger partial charge < -0.3 is 5.32 Å². The number of amides is 1. The average molecular weight is 171 g/mol. The molecule has 2 nitrogen and oxygen atoms in total. The van der Waals surface area contributed by atoms with Gasteiger partial charge >= 0.3 is 0 Å². The first kappa shape index (κ1) is 8.64. The van der Waals surface area contributed by atoms with Crippen LogP contribution < -0.4 is 5.32 Å². The van der Waals surface area contributed by atoms with Gasteiger partial charge in [0.1, 0.15) is 0 Å². The van der Waals surface area contributed by atoms with Gasteiger partial charge in [-0.05, 0) is 12.1 Å². The molecule has 0 saturated heterocycles. The third-order valence-electron chi connectivity index (χ3n) is 1.39. The number of alkyl halides is 2. The van der Waals surface area contributed by atoms with E-state index >= 15 is 0 Å². The highest BCUT2D eigenvalue weighted by Gasteiger charge is 2.04. The van der Waals surface area contributed by atoms with Gasteiger partial charge in [-0.1, -0.05) is 12.1 Å². The zero-order valence-electron chi connectivity index (χ0n) is 6.13. The topological polar surface area (TPSA) is 29.1 Å². The van der Waals surface area contributed by atoms with E-state index in [4.69, 9.17) is 0 Å². The molecule has 1 N–H and O–H groups in total. The lowest BCUT2D eigenvalue weighted by Crippen LogP contribution is -1.93. The van der Waals surface area contributed by atoms with E-state index in [1.54, 1.807) is 0 Å². The van der Waals surface area contributed by atoms with Crippen molar-refractivity contribution < 1.29 is 13.6 Å². The van der Waals surface area contributed by atoms with Crippen molar-refractivity contribution in [3.63, 3.8) is 0 Å². The van der Waals surface area contributed by atoms with Crippen LogP contribution in [0.2, 0.25) is 0 Å². The van der Waals surface area contributed by atoms with Crippen LogP contribution >= 0.6 is 0 Å². The summed E-state index contributed by atoms with van der Waals surface area (Å²) in [5.41, 5.74) is 0.459. The van der Waals surface area contributed by atoms with Crippen molar-refractivity contribution in [2.24, 2.45) is 0 Å². The van der Waals surface area contributed by atoms with E-state index in [0.717, 1.165) is 0 Å². The first-order chi connectivity index (χ1) is 5.74. The van der Waals surface area contributed by atoms with Crippen LogP contribution in [0.1, 0.15) is 12.0 Å². The van der Waals surface area contributed by atoms with Gasteiger partial charge in [-0.15, -0.1) is 0 Å². The molecule has 0 spiro atoms. The second-order valence-electron chi connectivity index (χ2n) is 2.18. The van der Waals surface area contributed by atoms with E-state index in [1.807, 2.05) is 0 Å². The molecular formula is C8H7F2NO. The summed E-state index contributed by atoms with van der Waals surface area (Å²) in [5, 5.41) is 2.35. The van der Waals surface area contributed by atoms with Crippen LogP contribution in [0.3, 0.4) is 0 Å². The smallest absolute Gasteiger partial charge is 0.263 e. The maximum atomic E-state index is 12.0. The number of rotatable bonds is 3. The van der Waals surface area contributed by atoms with Crippen molar-refractivity contribution in [1.29, 1.82) is 0 Å². The van der Waals surface area contributed by atoms with Gasteiger partial charge in [0.15, 0.2) is 0 Å². The Morgan fingerprint density at radius 2 is 1.83 bits per heavy atom. The molecule has 0 saturated carbocycles. The van der Waals surface area contributed by atoms with Crippen molar-refractivity contribution in [1.82, 2.24) is 0 Å². The molecule has 0 bridgehead atoms. The van der Waals surface area contributed by atoms with Crippen molar-refractivity contribution in [3.05, 3.63) is 29.8 Å². The molecule has 0 atom stereocenters. The Hall–Kier alpha value is -1.45. The molecule has 4 heteroatoms. The Bertz CT molecular complexity index is 258. The zero-order chi connectivity index (χ0) is 8.97. The lowest BCUT2D eigenvalue weighted by Gasteiger charge is -2.00. The Labute approximate surface area is 68.2 Å². The number of anilines is 1. The molecule has 12 heavy (non-hydrogen) atoms. The van der Waals surface area contributed by atoms with Crippen molar-refractivity contribution in [2.45, 2.75) is 6.43 Å². The first-order valence-corrected chi connectivity index (χ1v) is 3.32. The van der Waals surface area contributed by atoms with Crippen molar-refractivity contribution in [3.8, 4) is 0 Å². The summed E-state index contributed by atoms with van der Waals surface area (Å²) in [6.45, 7) is 0. The van der Waals surface area contributed by atoms with Gasteiger partial charge in [0.2, 0.25) is 6.41 Å². The second-order valence-corrected chi connectivity index (χ2v) is 2.18. The molecule has 64 valence electrons. The normalized spacial score (nSPS) is 9.92. The summed E-state index contributed by atoms with van der Waals surface area (Å²) in [6, 6.07) is 5.40. The van der Waals surface area contributed by atoms with Crippen LogP contribution in [0, 0.1) is 0 Å². The highest BCUT2D eigenvalue weighted by atomic mass is 19.3. The third-order valence-corrected chi connectivity index (χ3v) is 1.39. The number of carbonyl (C=O) groups is 1. The van der Waals surface area contributed by atoms with E-state index in [0.29, 0.717) is 12.1 Å². The standard InChI is InChI=1S/C8H7F2NO/c9-8(10)6-1-3-7(4-2-6)11-5-12/h1-5,8H,(H,11,12). The van der Waals surface area contributed by atoms with Gasteiger partial charge in [-0.25, -0.2) is 8.78 Å². The summed E-state index contributed by atoms with van der Waals surface area (Å²) >= 11 is 0. The summed E-state index contributed by atoms with van der Waals surface area (Å²) in [4.78, 5) is 9.93. The predicted octanol–water partition coefficient (Wildman–Crippen LogP) is 2.19. The maximum Gasteiger partial charge on any atom is 0.263 e. The Kier molecular flexibility index (Phi) is 2.74. The van der Waals surface area contributed by atoms with Crippen LogP contribution in [0.4, 0.5) is 14.5 Å². The minimum absolute atomic E-state index is 0.0496. The van der Waals surface area contributed by atoms with Crippen LogP contribution in [-0.4, -0.2) is 6.41 Å². The van der Waals surface area contributed by atoms with Gasteiger partial charge in [-0.3, -0.25) is 4.79 Å². The molecule has 0 aromatic heterocycles. The minimum Gasteiger partial charge on any atom is -0.329 e. The zero-order valence-corrected chi connectivity index (χ0v) is 6.13. The Morgan fingerprint density at radius 1 is 1.25 bits per heavy atom. The molecule has 0 unspecified atom stereocenters. The summed E-state index contributed by atoms with van der Waals surface area (Å²) < 4.78 is 24.0. The fourth-order valence-electron chi connectivity index (χ4n) is 0.793. The molecule has 1 aromatic rings. The Morgan fingerprint density at radius 3 is 2.25 bits per heavy atom. The summed E-state index contributed by atoms with van der Waals surface area (Å²) in [7, 11) is 0. The predicted molar refractivity (Wildman–Crippen MR) is 41.1 cm³/mol. The number of carbonyl (C=O) groups excluding carboxylic acids is 1. The molecule has 0 heterocycles. The Balaban J connectivity index is 2.78. The third kappa shape index (κ3) is 2.02. The maximum absolute atomic E-state index is 12.0. The minimum atomic E-state index is -2.46. The van der Waals surface area contributed by atoms with Gasteiger partial charge in [-0.2, -0.15) is 0 Å².